The molecule has 1 aromatic carbocycles. The molecule has 0 saturated heterocycles. The number of nitrogens with one attached hydrogen (secondary N) is 1. The Kier molecular flexibility index (Phi) is 4.72. The number of rotatable bonds is 5. The molecule has 0 atom stereocenters. The first kappa shape index (κ1) is 16.6. The molecule has 1 heterocycles. The van der Waals surface area contributed by atoms with Crippen molar-refractivity contribution in [1.29, 1.82) is 0 Å². The number of hydrogen-bond acceptors (Lipinski definition) is 5. The van der Waals surface area contributed by atoms with Gasteiger partial charge in [0.25, 0.3) is 5.91 Å². The number of aromatic nitrogens is 1. The van der Waals surface area contributed by atoms with E-state index >= 15 is 0 Å². The Bertz CT molecular complexity index is 847. The summed E-state index contributed by atoms with van der Waals surface area (Å²) in [7, 11) is -3.62. The lowest BCUT2D eigenvalue weighted by molar-refractivity contribution is 0.0690. The smallest absolute Gasteiger partial charge is 0.354 e. The van der Waals surface area contributed by atoms with Gasteiger partial charge in [-0.1, -0.05) is 18.2 Å². The Labute approximate surface area is 132 Å². The number of aromatic carboxylic acids is 1. The summed E-state index contributed by atoms with van der Waals surface area (Å²) in [6, 6.07) is 10.1. The van der Waals surface area contributed by atoms with Gasteiger partial charge < -0.3 is 10.4 Å². The van der Waals surface area contributed by atoms with E-state index in [2.05, 4.69) is 10.3 Å². The molecular formula is C14H13N3O5S. The molecule has 4 N–H and O–H groups in total. The minimum atomic E-state index is -3.62. The van der Waals surface area contributed by atoms with Gasteiger partial charge in [0.15, 0.2) is 0 Å². The number of nitrogens with two attached hydrogens (primary N) is 1. The predicted octanol–water partition coefficient (Wildman–Crippen LogP) is 0.821. The zero-order valence-electron chi connectivity index (χ0n) is 11.8. The molecule has 0 saturated carbocycles. The first-order valence-corrected chi connectivity index (χ1v) is 8.07. The summed E-state index contributed by atoms with van der Waals surface area (Å²) in [6.45, 7) is 0. The third kappa shape index (κ3) is 4.87. The summed E-state index contributed by atoms with van der Waals surface area (Å²) in [6.07, 6.45) is 0. The van der Waals surface area contributed by atoms with Crippen LogP contribution in [0, 0.1) is 0 Å². The van der Waals surface area contributed by atoms with Gasteiger partial charge in [-0.25, -0.2) is 23.3 Å². The van der Waals surface area contributed by atoms with Crippen LogP contribution in [0.1, 0.15) is 26.5 Å². The first-order chi connectivity index (χ1) is 10.7. The fourth-order valence-electron chi connectivity index (χ4n) is 1.79. The van der Waals surface area contributed by atoms with Crippen LogP contribution in [0.3, 0.4) is 0 Å². The number of pyridine rings is 1. The molecule has 0 aliphatic carbocycles. The fraction of sp³-hybridized carbons (Fsp3) is 0.0714. The molecular weight excluding hydrogens is 322 g/mol. The summed E-state index contributed by atoms with van der Waals surface area (Å²) < 4.78 is 22.0. The number of nitrogens with zero attached hydrogens (tertiary/aromatic N) is 1. The van der Waals surface area contributed by atoms with Crippen LogP contribution in [0.4, 0.5) is 5.69 Å². The van der Waals surface area contributed by atoms with Gasteiger partial charge in [-0.05, 0) is 29.8 Å². The Morgan fingerprint density at radius 2 is 1.70 bits per heavy atom. The maximum absolute atomic E-state index is 12.0. The van der Waals surface area contributed by atoms with Gasteiger partial charge >= 0.3 is 5.97 Å². The SMILES string of the molecule is NS(=O)(=O)Cc1ccc(NC(=O)c2cccc(C(=O)O)n2)cc1. The van der Waals surface area contributed by atoms with Crippen molar-refractivity contribution in [3.05, 3.63) is 59.4 Å². The third-order valence-electron chi connectivity index (χ3n) is 2.78. The normalized spacial score (nSPS) is 11.0. The van der Waals surface area contributed by atoms with E-state index in [1.165, 1.54) is 42.5 Å². The molecule has 0 unspecified atom stereocenters. The number of benzene rings is 1. The molecule has 9 heteroatoms. The van der Waals surface area contributed by atoms with Crippen molar-refractivity contribution in [2.75, 3.05) is 5.32 Å². The Morgan fingerprint density at radius 3 is 2.26 bits per heavy atom. The standard InChI is InChI=1S/C14H13N3O5S/c15-23(21,22)8-9-4-6-10(7-5-9)16-13(18)11-2-1-3-12(17-11)14(19)20/h1-7H,8H2,(H,16,18)(H,19,20)(H2,15,21,22). The lowest BCUT2D eigenvalue weighted by Gasteiger charge is -2.06. The van der Waals surface area contributed by atoms with E-state index in [0.717, 1.165) is 0 Å². The molecule has 1 aromatic heterocycles. The highest BCUT2D eigenvalue weighted by Crippen LogP contribution is 2.12. The highest BCUT2D eigenvalue weighted by molar-refractivity contribution is 7.88. The summed E-state index contributed by atoms with van der Waals surface area (Å²) in [5.74, 6) is -2.11. The number of hydrogen-bond donors (Lipinski definition) is 3. The average Bonchev–Trinajstić information content (AvgIpc) is 2.48. The number of amides is 1. The Balaban J connectivity index is 2.11. The second-order valence-electron chi connectivity index (χ2n) is 4.67. The van der Waals surface area contributed by atoms with Crippen LogP contribution in [-0.4, -0.2) is 30.4 Å². The van der Waals surface area contributed by atoms with E-state index in [-0.39, 0.29) is 17.1 Å². The molecule has 0 bridgehead atoms. The van der Waals surface area contributed by atoms with Crippen molar-refractivity contribution in [2.24, 2.45) is 5.14 Å². The predicted molar refractivity (Wildman–Crippen MR) is 82.4 cm³/mol. The van der Waals surface area contributed by atoms with E-state index in [1.54, 1.807) is 0 Å². The van der Waals surface area contributed by atoms with E-state index in [1.807, 2.05) is 0 Å². The molecule has 23 heavy (non-hydrogen) atoms. The van der Waals surface area contributed by atoms with Crippen molar-refractivity contribution >= 4 is 27.6 Å². The van der Waals surface area contributed by atoms with Crippen LogP contribution < -0.4 is 10.5 Å². The molecule has 0 aliphatic heterocycles. The lowest BCUT2D eigenvalue weighted by atomic mass is 10.2. The summed E-state index contributed by atoms with van der Waals surface area (Å²) >= 11 is 0. The number of carboxylic acid groups (broad SMARTS) is 1. The van der Waals surface area contributed by atoms with Gasteiger partial charge in [-0.15, -0.1) is 0 Å². The second kappa shape index (κ2) is 6.55. The molecule has 120 valence electrons. The van der Waals surface area contributed by atoms with Crippen LogP contribution in [-0.2, 0) is 15.8 Å². The fourth-order valence-corrected chi connectivity index (χ4v) is 2.45. The van der Waals surface area contributed by atoms with Crippen LogP contribution in [0.25, 0.3) is 0 Å². The highest BCUT2D eigenvalue weighted by atomic mass is 32.2. The molecule has 2 aromatic rings. The van der Waals surface area contributed by atoms with Gasteiger partial charge in [0, 0.05) is 5.69 Å². The molecule has 0 spiro atoms. The molecule has 0 radical (unpaired) electrons. The van der Waals surface area contributed by atoms with Gasteiger partial charge in [0.1, 0.15) is 11.4 Å². The van der Waals surface area contributed by atoms with E-state index in [4.69, 9.17) is 10.2 Å². The van der Waals surface area contributed by atoms with Crippen LogP contribution >= 0.6 is 0 Å². The van der Waals surface area contributed by atoms with Crippen molar-refractivity contribution in [2.45, 2.75) is 5.75 Å². The molecule has 2 rings (SSSR count). The number of carbonyl (C=O) groups is 2. The van der Waals surface area contributed by atoms with Crippen molar-refractivity contribution in [3.63, 3.8) is 0 Å². The largest absolute Gasteiger partial charge is 0.477 e. The van der Waals surface area contributed by atoms with Crippen molar-refractivity contribution in [1.82, 2.24) is 4.98 Å². The monoisotopic (exact) mass is 335 g/mol. The summed E-state index contributed by atoms with van der Waals surface area (Å²) in [5, 5.41) is 16.3. The van der Waals surface area contributed by atoms with E-state index < -0.39 is 21.9 Å². The van der Waals surface area contributed by atoms with Crippen molar-refractivity contribution in [3.8, 4) is 0 Å². The van der Waals surface area contributed by atoms with Gasteiger partial charge in [0.2, 0.25) is 10.0 Å². The molecule has 1 amide bonds. The Hall–Kier alpha value is -2.78. The number of sulfonamides is 1. The van der Waals surface area contributed by atoms with Gasteiger partial charge in [-0.3, -0.25) is 4.79 Å². The quantitative estimate of drug-likeness (QED) is 0.739. The number of primary sulfonamides is 1. The van der Waals surface area contributed by atoms with E-state index in [9.17, 15) is 18.0 Å². The molecule has 0 aliphatic rings. The Morgan fingerprint density at radius 1 is 1.09 bits per heavy atom. The van der Waals surface area contributed by atoms with Crippen molar-refractivity contribution < 1.29 is 23.1 Å². The maximum atomic E-state index is 12.0. The second-order valence-corrected chi connectivity index (χ2v) is 6.29. The zero-order valence-corrected chi connectivity index (χ0v) is 12.6. The van der Waals surface area contributed by atoms with Crippen LogP contribution in [0.15, 0.2) is 42.5 Å². The number of carbonyl (C=O) groups excluding carboxylic acids is 1. The molecule has 0 fully saturated rings. The topological polar surface area (TPSA) is 139 Å². The van der Waals surface area contributed by atoms with E-state index in [0.29, 0.717) is 11.3 Å². The first-order valence-electron chi connectivity index (χ1n) is 6.36. The lowest BCUT2D eigenvalue weighted by Crippen LogP contribution is -2.16. The number of carboxylic acids is 1. The van der Waals surface area contributed by atoms with Crippen LogP contribution in [0.2, 0.25) is 0 Å². The summed E-state index contributed by atoms with van der Waals surface area (Å²) in [4.78, 5) is 26.6. The average molecular weight is 335 g/mol. The van der Waals surface area contributed by atoms with Gasteiger partial charge in [0.05, 0.1) is 5.75 Å². The minimum Gasteiger partial charge on any atom is -0.477 e. The van der Waals surface area contributed by atoms with Crippen LogP contribution in [0.5, 0.6) is 0 Å². The maximum Gasteiger partial charge on any atom is 0.354 e. The number of anilines is 1. The van der Waals surface area contributed by atoms with Gasteiger partial charge in [-0.2, -0.15) is 0 Å². The zero-order chi connectivity index (χ0) is 17.0. The molecule has 8 nitrogen and oxygen atoms in total. The minimum absolute atomic E-state index is 0.0430. The highest BCUT2D eigenvalue weighted by Gasteiger charge is 2.12. The third-order valence-corrected chi connectivity index (χ3v) is 3.52. The summed E-state index contributed by atoms with van der Waals surface area (Å²) in [5.41, 5.74) is 0.617.